The van der Waals surface area contributed by atoms with E-state index in [9.17, 15) is 4.79 Å². The summed E-state index contributed by atoms with van der Waals surface area (Å²) in [4.78, 5) is 17.3. The minimum atomic E-state index is -0.139. The van der Waals surface area contributed by atoms with E-state index in [1.54, 1.807) is 11.3 Å². The lowest BCUT2D eigenvalue weighted by atomic mass is 10.0. The summed E-state index contributed by atoms with van der Waals surface area (Å²) >= 11 is 1.66. The molecule has 0 saturated carbocycles. The minimum absolute atomic E-state index is 0.0296. The van der Waals surface area contributed by atoms with Crippen LogP contribution in [0.1, 0.15) is 50.0 Å². The van der Waals surface area contributed by atoms with Gasteiger partial charge in [-0.05, 0) is 34.1 Å². The van der Waals surface area contributed by atoms with Gasteiger partial charge in [-0.2, -0.15) is 0 Å². The third kappa shape index (κ3) is 4.74. The van der Waals surface area contributed by atoms with E-state index < -0.39 is 0 Å². The van der Waals surface area contributed by atoms with Gasteiger partial charge in [-0.1, -0.05) is 6.92 Å². The summed E-state index contributed by atoms with van der Waals surface area (Å²) in [6.07, 6.45) is 2.78. The average Bonchev–Trinajstić information content (AvgIpc) is 2.72. The maximum atomic E-state index is 11.8. The van der Waals surface area contributed by atoms with Crippen molar-refractivity contribution in [2.75, 3.05) is 6.54 Å². The third-order valence-electron chi connectivity index (χ3n) is 2.94. The van der Waals surface area contributed by atoms with Crippen molar-refractivity contribution in [3.05, 3.63) is 16.1 Å². The zero-order valence-electron chi connectivity index (χ0n) is 11.8. The van der Waals surface area contributed by atoms with Crippen LogP contribution in [-0.4, -0.2) is 23.0 Å². The van der Waals surface area contributed by atoms with Gasteiger partial charge in [0, 0.05) is 16.6 Å². The second-order valence-corrected chi connectivity index (χ2v) is 6.46. The number of aryl methyl sites for hydroxylation is 1. The molecule has 0 aliphatic rings. The molecule has 0 aliphatic heterocycles. The lowest BCUT2D eigenvalue weighted by Gasteiger charge is -2.25. The second kappa shape index (κ2) is 6.29. The maximum Gasteiger partial charge on any atom is 0.234 e. The van der Waals surface area contributed by atoms with Crippen LogP contribution in [-0.2, 0) is 4.79 Å². The summed E-state index contributed by atoms with van der Waals surface area (Å²) < 4.78 is 0. The highest BCUT2D eigenvalue weighted by Crippen LogP contribution is 2.18. The molecule has 0 bridgehead atoms. The summed E-state index contributed by atoms with van der Waals surface area (Å²) in [6, 6.07) is 0.110. The molecule has 0 spiro atoms. The Hall–Kier alpha value is -0.940. The van der Waals surface area contributed by atoms with Crippen LogP contribution >= 0.6 is 11.3 Å². The number of thiazole rings is 1. The second-order valence-electron chi connectivity index (χ2n) is 5.20. The Bertz CT molecular complexity index is 401. The van der Waals surface area contributed by atoms with Gasteiger partial charge in [0.15, 0.2) is 0 Å². The van der Waals surface area contributed by atoms with Crippen LogP contribution in [0.5, 0.6) is 0 Å². The summed E-state index contributed by atoms with van der Waals surface area (Å²) in [5.74, 6) is 0.0296. The van der Waals surface area contributed by atoms with Crippen molar-refractivity contribution in [3.63, 3.8) is 0 Å². The number of carbonyl (C=O) groups excluding carboxylic acids is 1. The highest BCUT2D eigenvalue weighted by molar-refractivity contribution is 7.11. The van der Waals surface area contributed by atoms with E-state index in [2.05, 4.69) is 22.5 Å². The summed E-state index contributed by atoms with van der Waals surface area (Å²) in [7, 11) is 0. The molecule has 4 nitrogen and oxygen atoms in total. The van der Waals surface area contributed by atoms with Crippen molar-refractivity contribution in [2.24, 2.45) is 0 Å². The molecule has 0 aliphatic carbocycles. The molecule has 0 aromatic carbocycles. The van der Waals surface area contributed by atoms with E-state index >= 15 is 0 Å². The number of carbonyl (C=O) groups is 1. The molecule has 102 valence electrons. The van der Waals surface area contributed by atoms with E-state index in [1.807, 2.05) is 33.9 Å². The van der Waals surface area contributed by atoms with Crippen LogP contribution < -0.4 is 10.6 Å². The Morgan fingerprint density at radius 3 is 2.72 bits per heavy atom. The number of hydrogen-bond donors (Lipinski definition) is 2. The SMILES string of the molecule is CCC(C)(C)NC(=O)CNC(C)c1ncc(C)s1. The molecule has 18 heavy (non-hydrogen) atoms. The molecular formula is C13H23N3OS. The van der Waals surface area contributed by atoms with Crippen LogP contribution in [0.2, 0.25) is 0 Å². The molecule has 1 aromatic heterocycles. The van der Waals surface area contributed by atoms with Gasteiger partial charge in [0.1, 0.15) is 5.01 Å². The normalized spacial score (nSPS) is 13.4. The Balaban J connectivity index is 2.39. The number of rotatable bonds is 6. The van der Waals surface area contributed by atoms with Gasteiger partial charge >= 0.3 is 0 Å². The molecule has 1 heterocycles. The Morgan fingerprint density at radius 2 is 2.22 bits per heavy atom. The predicted molar refractivity (Wildman–Crippen MR) is 75.8 cm³/mol. The van der Waals surface area contributed by atoms with E-state index in [-0.39, 0.29) is 17.5 Å². The fraction of sp³-hybridized carbons (Fsp3) is 0.692. The number of aromatic nitrogens is 1. The Kier molecular flexibility index (Phi) is 5.28. The van der Waals surface area contributed by atoms with Crippen molar-refractivity contribution in [1.29, 1.82) is 0 Å². The number of nitrogens with one attached hydrogen (secondary N) is 2. The lowest BCUT2D eigenvalue weighted by Crippen LogP contribution is -2.46. The van der Waals surface area contributed by atoms with Gasteiger partial charge < -0.3 is 5.32 Å². The first-order valence-electron chi connectivity index (χ1n) is 6.31. The summed E-state index contributed by atoms with van der Waals surface area (Å²) in [6.45, 7) is 10.5. The van der Waals surface area contributed by atoms with E-state index in [0.717, 1.165) is 11.4 Å². The molecule has 1 rings (SSSR count). The highest BCUT2D eigenvalue weighted by Gasteiger charge is 2.18. The number of hydrogen-bond acceptors (Lipinski definition) is 4. The molecule has 0 radical (unpaired) electrons. The first-order chi connectivity index (χ1) is 8.34. The molecular weight excluding hydrogens is 246 g/mol. The van der Waals surface area contributed by atoms with Crippen LogP contribution in [0.4, 0.5) is 0 Å². The smallest absolute Gasteiger partial charge is 0.234 e. The summed E-state index contributed by atoms with van der Waals surface area (Å²) in [5, 5.41) is 7.22. The van der Waals surface area contributed by atoms with Gasteiger partial charge in [-0.3, -0.25) is 10.1 Å². The lowest BCUT2D eigenvalue weighted by molar-refractivity contribution is -0.122. The standard InChI is InChI=1S/C13H23N3OS/c1-6-13(4,5)16-11(17)8-14-10(3)12-15-7-9(2)18-12/h7,10,14H,6,8H2,1-5H3,(H,16,17). The molecule has 1 unspecified atom stereocenters. The van der Waals surface area contributed by atoms with Gasteiger partial charge in [-0.25, -0.2) is 4.98 Å². The third-order valence-corrected chi connectivity index (χ3v) is 4.04. The van der Waals surface area contributed by atoms with Crippen molar-refractivity contribution in [2.45, 2.75) is 52.6 Å². The molecule has 0 fully saturated rings. The molecule has 1 amide bonds. The van der Waals surface area contributed by atoms with Crippen molar-refractivity contribution < 1.29 is 4.79 Å². The minimum Gasteiger partial charge on any atom is -0.350 e. The highest BCUT2D eigenvalue weighted by atomic mass is 32.1. The molecule has 2 N–H and O–H groups in total. The van der Waals surface area contributed by atoms with Gasteiger partial charge in [0.05, 0.1) is 12.6 Å². The number of amides is 1. The van der Waals surface area contributed by atoms with E-state index in [4.69, 9.17) is 0 Å². The van der Waals surface area contributed by atoms with Gasteiger partial charge in [-0.15, -0.1) is 11.3 Å². The zero-order valence-corrected chi connectivity index (χ0v) is 12.6. The topological polar surface area (TPSA) is 54.0 Å². The van der Waals surface area contributed by atoms with E-state index in [1.165, 1.54) is 4.88 Å². The Labute approximate surface area is 113 Å². The number of nitrogens with zero attached hydrogens (tertiary/aromatic N) is 1. The monoisotopic (exact) mass is 269 g/mol. The van der Waals surface area contributed by atoms with Crippen molar-refractivity contribution in [3.8, 4) is 0 Å². The van der Waals surface area contributed by atoms with Gasteiger partial charge in [0.2, 0.25) is 5.91 Å². The summed E-state index contributed by atoms with van der Waals surface area (Å²) in [5.41, 5.74) is -0.139. The fourth-order valence-electron chi connectivity index (χ4n) is 1.42. The van der Waals surface area contributed by atoms with Crippen LogP contribution in [0.15, 0.2) is 6.20 Å². The maximum absolute atomic E-state index is 11.8. The largest absolute Gasteiger partial charge is 0.350 e. The van der Waals surface area contributed by atoms with Crippen LogP contribution in [0.25, 0.3) is 0 Å². The van der Waals surface area contributed by atoms with Crippen molar-refractivity contribution in [1.82, 2.24) is 15.6 Å². The first kappa shape index (κ1) is 15.1. The quantitative estimate of drug-likeness (QED) is 0.834. The van der Waals surface area contributed by atoms with Crippen molar-refractivity contribution >= 4 is 17.2 Å². The predicted octanol–water partition coefficient (Wildman–Crippen LogP) is 2.41. The molecule has 1 aromatic rings. The average molecular weight is 269 g/mol. The zero-order chi connectivity index (χ0) is 13.8. The fourth-order valence-corrected chi connectivity index (χ4v) is 2.22. The van der Waals surface area contributed by atoms with Crippen LogP contribution in [0, 0.1) is 6.92 Å². The van der Waals surface area contributed by atoms with E-state index in [0.29, 0.717) is 6.54 Å². The molecule has 5 heteroatoms. The Morgan fingerprint density at radius 1 is 1.56 bits per heavy atom. The molecule has 1 atom stereocenters. The first-order valence-corrected chi connectivity index (χ1v) is 7.12. The van der Waals surface area contributed by atoms with Crippen LogP contribution in [0.3, 0.4) is 0 Å². The van der Waals surface area contributed by atoms with Gasteiger partial charge in [0.25, 0.3) is 0 Å². The molecule has 0 saturated heterocycles.